The lowest BCUT2D eigenvalue weighted by Crippen LogP contribution is -2.53. The average Bonchev–Trinajstić information content (AvgIpc) is 3.09. The molecule has 1 N–H and O–H groups in total. The molecule has 4 aliphatic carbocycles. The number of hydrogen-bond acceptors (Lipinski definition) is 2. The van der Waals surface area contributed by atoms with Crippen molar-refractivity contribution in [1.29, 1.82) is 0 Å². The molecule has 0 aromatic carbocycles. The number of carbonyl (C=O) groups is 1. The monoisotopic (exact) mass is 426 g/mol. The fraction of sp³-hybridized carbons (Fsp3) is 0.828. The van der Waals surface area contributed by atoms with Crippen LogP contribution in [0.3, 0.4) is 0 Å². The van der Waals surface area contributed by atoms with Gasteiger partial charge in [0.05, 0.1) is 6.10 Å². The van der Waals surface area contributed by atoms with Crippen LogP contribution in [0.25, 0.3) is 0 Å². The molecule has 0 aromatic rings. The van der Waals surface area contributed by atoms with Gasteiger partial charge in [0, 0.05) is 5.92 Å². The lowest BCUT2D eigenvalue weighted by molar-refractivity contribution is -0.129. The summed E-state index contributed by atoms with van der Waals surface area (Å²) in [5, 5.41) is 10.5. The van der Waals surface area contributed by atoms with Crippen LogP contribution in [0.2, 0.25) is 0 Å². The first-order valence-electron chi connectivity index (χ1n) is 13.1. The molecule has 2 nitrogen and oxygen atoms in total. The molecule has 0 saturated heterocycles. The highest BCUT2D eigenvalue weighted by Gasteiger charge is 2.59. The van der Waals surface area contributed by atoms with E-state index in [9.17, 15) is 9.90 Å². The Morgan fingerprint density at radius 2 is 1.81 bits per heavy atom. The minimum atomic E-state index is -0.434. The van der Waals surface area contributed by atoms with Gasteiger partial charge in [0.1, 0.15) is 6.29 Å². The lowest BCUT2D eigenvalue weighted by atomic mass is 9.46. The summed E-state index contributed by atoms with van der Waals surface area (Å²) in [6, 6.07) is 0. The molecule has 174 valence electrons. The number of aliphatic hydroxyl groups excluding tert-OH is 1. The number of aliphatic hydroxyl groups is 1. The van der Waals surface area contributed by atoms with Gasteiger partial charge in [-0.3, -0.25) is 0 Å². The molecular formula is C29H46O2. The van der Waals surface area contributed by atoms with Crippen LogP contribution in [0.5, 0.6) is 0 Å². The van der Waals surface area contributed by atoms with Crippen LogP contribution in [0.15, 0.2) is 23.8 Å². The van der Waals surface area contributed by atoms with Gasteiger partial charge in [-0.05, 0) is 104 Å². The van der Waals surface area contributed by atoms with Gasteiger partial charge < -0.3 is 9.90 Å². The highest BCUT2D eigenvalue weighted by atomic mass is 16.3. The molecule has 3 saturated carbocycles. The Balaban J connectivity index is 1.53. The van der Waals surface area contributed by atoms with E-state index in [4.69, 9.17) is 0 Å². The Hall–Kier alpha value is -0.890. The van der Waals surface area contributed by atoms with E-state index in [1.165, 1.54) is 44.1 Å². The molecule has 0 spiro atoms. The molecule has 0 amide bonds. The fourth-order valence-electron chi connectivity index (χ4n) is 8.72. The van der Waals surface area contributed by atoms with Crippen molar-refractivity contribution < 1.29 is 9.90 Å². The van der Waals surface area contributed by atoms with E-state index < -0.39 is 6.10 Å². The normalized spacial score (nSPS) is 45.3. The van der Waals surface area contributed by atoms with Crippen molar-refractivity contribution in [2.45, 2.75) is 98.5 Å². The summed E-state index contributed by atoms with van der Waals surface area (Å²) in [5.41, 5.74) is 3.78. The van der Waals surface area contributed by atoms with E-state index in [1.54, 1.807) is 5.57 Å². The quantitative estimate of drug-likeness (QED) is 0.367. The van der Waals surface area contributed by atoms with Crippen LogP contribution in [-0.2, 0) is 4.79 Å². The molecule has 4 aliphatic rings. The first-order valence-corrected chi connectivity index (χ1v) is 13.1. The van der Waals surface area contributed by atoms with Gasteiger partial charge in [-0.2, -0.15) is 0 Å². The fourth-order valence-corrected chi connectivity index (χ4v) is 8.72. The number of fused-ring (bicyclic) bond motifs is 5. The Kier molecular flexibility index (Phi) is 6.36. The molecule has 4 rings (SSSR count). The van der Waals surface area contributed by atoms with Crippen molar-refractivity contribution in [3.63, 3.8) is 0 Å². The zero-order valence-electron chi connectivity index (χ0n) is 20.7. The molecular weight excluding hydrogens is 380 g/mol. The van der Waals surface area contributed by atoms with Gasteiger partial charge in [-0.25, -0.2) is 0 Å². The van der Waals surface area contributed by atoms with E-state index in [0.29, 0.717) is 23.2 Å². The summed E-state index contributed by atoms with van der Waals surface area (Å²) < 4.78 is 0. The Morgan fingerprint density at radius 1 is 1.13 bits per heavy atom. The molecule has 0 radical (unpaired) electrons. The van der Waals surface area contributed by atoms with Crippen LogP contribution in [-0.4, -0.2) is 17.5 Å². The van der Waals surface area contributed by atoms with Gasteiger partial charge in [0.25, 0.3) is 0 Å². The summed E-state index contributed by atoms with van der Waals surface area (Å²) in [4.78, 5) is 11.8. The van der Waals surface area contributed by atoms with E-state index >= 15 is 0 Å². The number of hydrogen-bond donors (Lipinski definition) is 1. The van der Waals surface area contributed by atoms with E-state index in [2.05, 4.69) is 47.3 Å². The minimum absolute atomic E-state index is 0.171. The topological polar surface area (TPSA) is 37.3 Å². The van der Waals surface area contributed by atoms with Crippen LogP contribution in [0, 0.1) is 52.3 Å². The van der Waals surface area contributed by atoms with E-state index in [0.717, 1.165) is 43.3 Å². The minimum Gasteiger partial charge on any atom is -0.392 e. The second-order valence-corrected chi connectivity index (χ2v) is 12.5. The number of aldehydes is 1. The van der Waals surface area contributed by atoms with Gasteiger partial charge >= 0.3 is 0 Å². The summed E-state index contributed by atoms with van der Waals surface area (Å²) in [6.07, 6.45) is 13.8. The zero-order valence-corrected chi connectivity index (χ0v) is 20.7. The van der Waals surface area contributed by atoms with Crippen molar-refractivity contribution in [2.24, 2.45) is 52.3 Å². The summed E-state index contributed by atoms with van der Waals surface area (Å²) in [6.45, 7) is 16.4. The van der Waals surface area contributed by atoms with Crippen molar-refractivity contribution in [3.8, 4) is 0 Å². The highest BCUT2D eigenvalue weighted by Crippen LogP contribution is 2.67. The Labute approximate surface area is 191 Å². The molecule has 2 heteroatoms. The number of rotatable bonds is 6. The molecule has 0 heterocycles. The van der Waals surface area contributed by atoms with Crippen LogP contribution < -0.4 is 0 Å². The predicted molar refractivity (Wildman–Crippen MR) is 129 cm³/mol. The molecule has 31 heavy (non-hydrogen) atoms. The third-order valence-corrected chi connectivity index (χ3v) is 10.9. The van der Waals surface area contributed by atoms with Crippen molar-refractivity contribution in [1.82, 2.24) is 0 Å². The SMILES string of the molecule is C=C(CCC(C)C1CCC2C3=CCC4C(C=O)C(O)CCC4(C)C3CCC21C)C(C)C. The largest absolute Gasteiger partial charge is 0.392 e. The van der Waals surface area contributed by atoms with E-state index in [-0.39, 0.29) is 11.3 Å². The molecule has 0 aromatic heterocycles. The second kappa shape index (κ2) is 8.47. The molecule has 0 aliphatic heterocycles. The average molecular weight is 427 g/mol. The first-order chi connectivity index (χ1) is 14.6. The number of carbonyl (C=O) groups excluding carboxylic acids is 1. The molecule has 9 atom stereocenters. The van der Waals surface area contributed by atoms with Crippen molar-refractivity contribution in [3.05, 3.63) is 23.8 Å². The zero-order chi connectivity index (χ0) is 22.6. The molecule has 9 unspecified atom stereocenters. The van der Waals surface area contributed by atoms with Gasteiger partial charge in [0.2, 0.25) is 0 Å². The third-order valence-electron chi connectivity index (χ3n) is 10.9. The maximum absolute atomic E-state index is 11.8. The predicted octanol–water partition coefficient (Wildman–Crippen LogP) is 6.98. The van der Waals surface area contributed by atoms with Gasteiger partial charge in [0.15, 0.2) is 0 Å². The van der Waals surface area contributed by atoms with Crippen LogP contribution in [0.1, 0.15) is 92.4 Å². The maximum atomic E-state index is 11.8. The number of allylic oxidation sites excluding steroid dienone is 3. The Bertz CT molecular complexity index is 735. The van der Waals surface area contributed by atoms with Crippen molar-refractivity contribution >= 4 is 6.29 Å². The molecule has 3 fully saturated rings. The van der Waals surface area contributed by atoms with Gasteiger partial charge in [-0.15, -0.1) is 0 Å². The standard InChI is InChI=1S/C29H46O2/c1-18(2)19(3)7-8-20(4)23-11-12-24-21-9-10-25-22(17-30)27(31)14-16-29(25,6)26(21)13-15-28(23,24)5/h9,17-18,20,22-27,31H,3,7-8,10-16H2,1-2,4-6H3. The smallest absolute Gasteiger partial charge is 0.125 e. The highest BCUT2D eigenvalue weighted by molar-refractivity contribution is 5.56. The van der Waals surface area contributed by atoms with Gasteiger partial charge in [-0.1, -0.05) is 58.4 Å². The van der Waals surface area contributed by atoms with Crippen molar-refractivity contribution in [2.75, 3.05) is 0 Å². The van der Waals surface area contributed by atoms with E-state index in [1.807, 2.05) is 0 Å². The summed E-state index contributed by atoms with van der Waals surface area (Å²) in [5.74, 6) is 3.68. The third kappa shape index (κ3) is 3.69. The Morgan fingerprint density at radius 3 is 2.48 bits per heavy atom. The maximum Gasteiger partial charge on any atom is 0.125 e. The summed E-state index contributed by atoms with van der Waals surface area (Å²) in [7, 11) is 0. The van der Waals surface area contributed by atoms with Crippen LogP contribution >= 0.6 is 0 Å². The molecule has 0 bridgehead atoms. The lowest BCUT2D eigenvalue weighted by Gasteiger charge is -2.59. The second-order valence-electron chi connectivity index (χ2n) is 12.5. The first kappa shape index (κ1) is 23.3. The van der Waals surface area contributed by atoms with Crippen LogP contribution in [0.4, 0.5) is 0 Å². The summed E-state index contributed by atoms with van der Waals surface area (Å²) >= 11 is 0.